The summed E-state index contributed by atoms with van der Waals surface area (Å²) >= 11 is 3.45. The zero-order valence-electron chi connectivity index (χ0n) is 11.4. The molecule has 0 amide bonds. The molecule has 0 bridgehead atoms. The molecule has 0 N–H and O–H groups in total. The lowest BCUT2D eigenvalue weighted by atomic mass is 10.0. The highest BCUT2D eigenvalue weighted by Gasteiger charge is 2.30. The van der Waals surface area contributed by atoms with Crippen molar-refractivity contribution in [1.29, 1.82) is 0 Å². The SMILES string of the molecule is CCOC(=O)C1CCCCN1c1cc(C)c(Br)cn1. The molecule has 2 heterocycles. The second-order valence-corrected chi connectivity index (χ2v) is 5.60. The van der Waals surface area contributed by atoms with Gasteiger partial charge in [-0.3, -0.25) is 0 Å². The molecule has 0 spiro atoms. The fraction of sp³-hybridized carbons (Fsp3) is 0.571. The molecule has 1 aliphatic heterocycles. The highest BCUT2D eigenvalue weighted by Crippen LogP contribution is 2.26. The standard InChI is InChI=1S/C14H19BrN2O2/c1-3-19-14(18)12-6-4-5-7-17(12)13-8-10(2)11(15)9-16-13/h8-9,12H,3-7H2,1-2H3. The van der Waals surface area contributed by atoms with Crippen molar-refractivity contribution in [1.82, 2.24) is 4.98 Å². The normalized spacial score (nSPS) is 19.3. The molecule has 0 radical (unpaired) electrons. The predicted molar refractivity (Wildman–Crippen MR) is 78.3 cm³/mol. The van der Waals surface area contributed by atoms with Crippen LogP contribution in [0, 0.1) is 6.92 Å². The van der Waals surface area contributed by atoms with Gasteiger partial charge in [0.05, 0.1) is 6.61 Å². The van der Waals surface area contributed by atoms with E-state index in [2.05, 4.69) is 25.8 Å². The number of carbonyl (C=O) groups is 1. The maximum Gasteiger partial charge on any atom is 0.328 e. The fourth-order valence-electron chi connectivity index (χ4n) is 2.37. The van der Waals surface area contributed by atoms with Crippen LogP contribution in [-0.2, 0) is 9.53 Å². The zero-order valence-corrected chi connectivity index (χ0v) is 12.9. The van der Waals surface area contributed by atoms with Gasteiger partial charge in [0.1, 0.15) is 11.9 Å². The molecule has 0 aliphatic carbocycles. The summed E-state index contributed by atoms with van der Waals surface area (Å²) in [4.78, 5) is 18.5. The van der Waals surface area contributed by atoms with Crippen molar-refractivity contribution in [3.63, 3.8) is 0 Å². The van der Waals surface area contributed by atoms with E-state index in [1.54, 1.807) is 6.20 Å². The average molecular weight is 327 g/mol. The van der Waals surface area contributed by atoms with Crippen LogP contribution in [0.3, 0.4) is 0 Å². The molecular formula is C14H19BrN2O2. The summed E-state index contributed by atoms with van der Waals surface area (Å²) in [6.45, 7) is 5.15. The Labute approximate surface area is 122 Å². The first-order valence-corrected chi connectivity index (χ1v) is 7.48. The zero-order chi connectivity index (χ0) is 13.8. The molecule has 0 aromatic carbocycles. The van der Waals surface area contributed by atoms with E-state index in [9.17, 15) is 4.79 Å². The van der Waals surface area contributed by atoms with E-state index < -0.39 is 0 Å². The maximum absolute atomic E-state index is 12.0. The maximum atomic E-state index is 12.0. The summed E-state index contributed by atoms with van der Waals surface area (Å²) in [6.07, 6.45) is 4.79. The molecule has 1 aromatic rings. The highest BCUT2D eigenvalue weighted by atomic mass is 79.9. The van der Waals surface area contributed by atoms with Crippen molar-refractivity contribution in [3.8, 4) is 0 Å². The Hall–Kier alpha value is -1.10. The number of hydrogen-bond acceptors (Lipinski definition) is 4. The van der Waals surface area contributed by atoms with Crippen LogP contribution in [0.4, 0.5) is 5.82 Å². The second-order valence-electron chi connectivity index (χ2n) is 4.75. The molecule has 1 saturated heterocycles. The lowest BCUT2D eigenvalue weighted by molar-refractivity contribution is -0.145. The van der Waals surface area contributed by atoms with Gasteiger partial charge in [0.2, 0.25) is 0 Å². The van der Waals surface area contributed by atoms with Crippen LogP contribution < -0.4 is 4.90 Å². The number of piperidine rings is 1. The Bertz CT molecular complexity index is 465. The van der Waals surface area contributed by atoms with E-state index >= 15 is 0 Å². The summed E-state index contributed by atoms with van der Waals surface area (Å²) < 4.78 is 6.16. The van der Waals surface area contributed by atoms with E-state index in [1.807, 2.05) is 19.9 Å². The van der Waals surface area contributed by atoms with Crippen LogP contribution in [0.1, 0.15) is 31.7 Å². The van der Waals surface area contributed by atoms with Gasteiger partial charge in [-0.1, -0.05) is 0 Å². The number of aryl methyl sites for hydroxylation is 1. The molecule has 1 aliphatic rings. The van der Waals surface area contributed by atoms with Crippen LogP contribution in [-0.4, -0.2) is 30.1 Å². The van der Waals surface area contributed by atoms with Crippen molar-refractivity contribution < 1.29 is 9.53 Å². The smallest absolute Gasteiger partial charge is 0.328 e. The summed E-state index contributed by atoms with van der Waals surface area (Å²) in [6, 6.07) is 1.82. The molecule has 5 heteroatoms. The summed E-state index contributed by atoms with van der Waals surface area (Å²) in [5.41, 5.74) is 1.12. The number of hydrogen-bond donors (Lipinski definition) is 0. The third-order valence-corrected chi connectivity index (χ3v) is 4.22. The van der Waals surface area contributed by atoms with Gasteiger partial charge in [-0.25, -0.2) is 9.78 Å². The Balaban J connectivity index is 2.23. The van der Waals surface area contributed by atoms with Gasteiger partial charge >= 0.3 is 5.97 Å². The molecule has 1 fully saturated rings. The fourth-order valence-corrected chi connectivity index (χ4v) is 2.59. The van der Waals surface area contributed by atoms with Gasteiger partial charge < -0.3 is 9.64 Å². The van der Waals surface area contributed by atoms with E-state index in [1.165, 1.54) is 0 Å². The van der Waals surface area contributed by atoms with Crippen LogP contribution >= 0.6 is 15.9 Å². The van der Waals surface area contributed by atoms with E-state index in [0.717, 1.165) is 41.7 Å². The van der Waals surface area contributed by atoms with Gasteiger partial charge in [0.25, 0.3) is 0 Å². The number of halogens is 1. The quantitative estimate of drug-likeness (QED) is 0.800. The van der Waals surface area contributed by atoms with E-state index in [-0.39, 0.29) is 12.0 Å². The number of ether oxygens (including phenoxy) is 1. The van der Waals surface area contributed by atoms with Gasteiger partial charge in [-0.2, -0.15) is 0 Å². The van der Waals surface area contributed by atoms with Crippen molar-refractivity contribution >= 4 is 27.7 Å². The Morgan fingerprint density at radius 1 is 1.58 bits per heavy atom. The highest BCUT2D eigenvalue weighted by molar-refractivity contribution is 9.10. The first kappa shape index (κ1) is 14.3. The Kier molecular flexibility index (Phi) is 4.80. The van der Waals surface area contributed by atoms with Crippen LogP contribution in [0.25, 0.3) is 0 Å². The largest absolute Gasteiger partial charge is 0.464 e. The van der Waals surface area contributed by atoms with Crippen LogP contribution in [0.15, 0.2) is 16.7 Å². The number of carbonyl (C=O) groups excluding carboxylic acids is 1. The minimum atomic E-state index is -0.193. The summed E-state index contributed by atoms with van der Waals surface area (Å²) in [5.74, 6) is 0.725. The van der Waals surface area contributed by atoms with Crippen molar-refractivity contribution in [2.45, 2.75) is 39.2 Å². The third-order valence-electron chi connectivity index (χ3n) is 3.39. The van der Waals surface area contributed by atoms with Crippen LogP contribution in [0.2, 0.25) is 0 Å². The van der Waals surface area contributed by atoms with E-state index in [0.29, 0.717) is 6.61 Å². The number of aromatic nitrogens is 1. The van der Waals surface area contributed by atoms with Crippen molar-refractivity contribution in [2.75, 3.05) is 18.1 Å². The van der Waals surface area contributed by atoms with Gasteiger partial charge in [0.15, 0.2) is 0 Å². The first-order valence-electron chi connectivity index (χ1n) is 6.69. The molecule has 4 nitrogen and oxygen atoms in total. The number of rotatable bonds is 3. The lowest BCUT2D eigenvalue weighted by Crippen LogP contribution is -2.46. The summed E-state index contributed by atoms with van der Waals surface area (Å²) in [7, 11) is 0. The van der Waals surface area contributed by atoms with Crippen LogP contribution in [0.5, 0.6) is 0 Å². The van der Waals surface area contributed by atoms with Gasteiger partial charge in [-0.05, 0) is 60.7 Å². The minimum absolute atomic E-state index is 0.135. The molecular weight excluding hydrogens is 308 g/mol. The number of nitrogens with zero attached hydrogens (tertiary/aromatic N) is 2. The lowest BCUT2D eigenvalue weighted by Gasteiger charge is -2.35. The predicted octanol–water partition coefficient (Wildman–Crippen LogP) is 3.07. The number of anilines is 1. The van der Waals surface area contributed by atoms with Crippen molar-refractivity contribution in [3.05, 3.63) is 22.3 Å². The number of pyridine rings is 1. The first-order chi connectivity index (χ1) is 9.13. The molecule has 1 atom stereocenters. The number of esters is 1. The molecule has 1 aromatic heterocycles. The molecule has 19 heavy (non-hydrogen) atoms. The van der Waals surface area contributed by atoms with E-state index in [4.69, 9.17) is 4.74 Å². The Morgan fingerprint density at radius 3 is 3.05 bits per heavy atom. The third kappa shape index (κ3) is 3.26. The molecule has 104 valence electrons. The van der Waals surface area contributed by atoms with Crippen molar-refractivity contribution in [2.24, 2.45) is 0 Å². The minimum Gasteiger partial charge on any atom is -0.464 e. The molecule has 2 rings (SSSR count). The van der Waals surface area contributed by atoms with Gasteiger partial charge in [0, 0.05) is 17.2 Å². The average Bonchev–Trinajstić information content (AvgIpc) is 2.42. The monoisotopic (exact) mass is 326 g/mol. The topological polar surface area (TPSA) is 42.4 Å². The summed E-state index contributed by atoms with van der Waals surface area (Å²) in [5, 5.41) is 0. The van der Waals surface area contributed by atoms with Gasteiger partial charge in [-0.15, -0.1) is 0 Å². The second kappa shape index (κ2) is 6.37. The Morgan fingerprint density at radius 2 is 2.37 bits per heavy atom. The molecule has 1 unspecified atom stereocenters. The molecule has 0 saturated carbocycles.